The van der Waals surface area contributed by atoms with Crippen molar-refractivity contribution in [3.05, 3.63) is 35.9 Å². The minimum absolute atomic E-state index is 0.118. The summed E-state index contributed by atoms with van der Waals surface area (Å²) in [7, 11) is 0. The molecule has 1 aliphatic heterocycles. The predicted octanol–water partition coefficient (Wildman–Crippen LogP) is 0.628. The Bertz CT molecular complexity index is 335. The normalized spacial score (nSPS) is 17.9. The van der Waals surface area contributed by atoms with Crippen molar-refractivity contribution in [2.45, 2.75) is 12.1 Å². The molecule has 1 unspecified atom stereocenters. The second-order valence-corrected chi connectivity index (χ2v) is 3.48. The number of hydrogen-bond acceptors (Lipinski definition) is 4. The molecule has 4 nitrogen and oxygen atoms in total. The van der Waals surface area contributed by atoms with E-state index in [1.54, 1.807) is 0 Å². The zero-order chi connectivity index (χ0) is 10.7. The number of ether oxygens (including phenoxy) is 2. The molecule has 4 heteroatoms. The third-order valence-corrected chi connectivity index (χ3v) is 2.30. The molecule has 1 fully saturated rings. The summed E-state index contributed by atoms with van der Waals surface area (Å²) in [6, 6.07) is 8.48. The number of nitrogens with two attached hydrogens (primary N) is 1. The van der Waals surface area contributed by atoms with Gasteiger partial charge in [0.1, 0.15) is 12.1 Å². The van der Waals surface area contributed by atoms with Gasteiger partial charge in [0.25, 0.3) is 0 Å². The van der Waals surface area contributed by atoms with Crippen LogP contribution in [0.2, 0.25) is 0 Å². The minimum atomic E-state index is -0.702. The number of hydrogen-bond donors (Lipinski definition) is 1. The van der Waals surface area contributed by atoms with E-state index in [9.17, 15) is 4.79 Å². The molecule has 15 heavy (non-hydrogen) atoms. The Labute approximate surface area is 88.0 Å². The maximum absolute atomic E-state index is 11.5. The summed E-state index contributed by atoms with van der Waals surface area (Å²) >= 11 is 0. The molecule has 2 N–H and O–H groups in total. The molecule has 1 heterocycles. The molecular formula is C11H13NO3. The third-order valence-electron chi connectivity index (χ3n) is 2.30. The number of rotatable bonds is 3. The Hall–Kier alpha value is -1.39. The first-order valence-corrected chi connectivity index (χ1v) is 4.86. The van der Waals surface area contributed by atoms with Gasteiger partial charge in [0.15, 0.2) is 0 Å². The molecule has 1 aromatic carbocycles. The molecule has 1 atom stereocenters. The summed E-state index contributed by atoms with van der Waals surface area (Å²) in [5, 5.41) is 0. The van der Waals surface area contributed by atoms with E-state index in [1.165, 1.54) is 0 Å². The van der Waals surface area contributed by atoms with Crippen molar-refractivity contribution >= 4 is 5.97 Å². The van der Waals surface area contributed by atoms with Gasteiger partial charge in [-0.2, -0.15) is 0 Å². The Morgan fingerprint density at radius 3 is 2.60 bits per heavy atom. The van der Waals surface area contributed by atoms with Gasteiger partial charge in [-0.3, -0.25) is 0 Å². The molecule has 1 aliphatic rings. The molecule has 80 valence electrons. The Morgan fingerprint density at radius 1 is 1.40 bits per heavy atom. The van der Waals surface area contributed by atoms with Crippen LogP contribution in [0.5, 0.6) is 0 Å². The lowest BCUT2D eigenvalue weighted by Crippen LogP contribution is -2.40. The Kier molecular flexibility index (Phi) is 2.99. The van der Waals surface area contributed by atoms with Crippen molar-refractivity contribution in [1.29, 1.82) is 0 Å². The second-order valence-electron chi connectivity index (χ2n) is 3.48. The van der Waals surface area contributed by atoms with Crippen LogP contribution < -0.4 is 5.73 Å². The maximum Gasteiger partial charge on any atom is 0.328 e. The molecule has 0 amide bonds. The molecule has 0 spiro atoms. The topological polar surface area (TPSA) is 61.6 Å². The van der Waals surface area contributed by atoms with E-state index < -0.39 is 12.0 Å². The van der Waals surface area contributed by atoms with Gasteiger partial charge in [0, 0.05) is 0 Å². The first kappa shape index (κ1) is 10.1. The fraction of sp³-hybridized carbons (Fsp3) is 0.364. The van der Waals surface area contributed by atoms with Crippen LogP contribution in [0.4, 0.5) is 0 Å². The van der Waals surface area contributed by atoms with Gasteiger partial charge in [-0.15, -0.1) is 0 Å². The molecular weight excluding hydrogens is 194 g/mol. The van der Waals surface area contributed by atoms with Crippen molar-refractivity contribution in [3.63, 3.8) is 0 Å². The molecule has 2 rings (SSSR count). The van der Waals surface area contributed by atoms with Crippen LogP contribution in [-0.4, -0.2) is 25.3 Å². The summed E-state index contributed by atoms with van der Waals surface area (Å²) in [6.45, 7) is 0.959. The van der Waals surface area contributed by atoms with Crippen molar-refractivity contribution in [3.8, 4) is 0 Å². The van der Waals surface area contributed by atoms with Crippen LogP contribution in [0.1, 0.15) is 11.6 Å². The third kappa shape index (κ3) is 2.34. The highest BCUT2D eigenvalue weighted by Crippen LogP contribution is 2.14. The minimum Gasteiger partial charge on any atom is -0.456 e. The van der Waals surface area contributed by atoms with Gasteiger partial charge >= 0.3 is 5.97 Å². The fourth-order valence-corrected chi connectivity index (χ4v) is 1.32. The molecule has 1 aromatic rings. The summed E-state index contributed by atoms with van der Waals surface area (Å²) in [6.07, 6.45) is -0.118. The van der Waals surface area contributed by atoms with E-state index >= 15 is 0 Å². The molecule has 0 saturated carbocycles. The molecule has 0 radical (unpaired) electrons. The van der Waals surface area contributed by atoms with Crippen LogP contribution in [-0.2, 0) is 14.3 Å². The van der Waals surface area contributed by atoms with Crippen molar-refractivity contribution in [2.24, 2.45) is 5.73 Å². The number of benzene rings is 1. The highest BCUT2D eigenvalue weighted by molar-refractivity contribution is 5.77. The van der Waals surface area contributed by atoms with Crippen LogP contribution in [0, 0.1) is 0 Å². The van der Waals surface area contributed by atoms with Crippen molar-refractivity contribution in [1.82, 2.24) is 0 Å². The smallest absolute Gasteiger partial charge is 0.328 e. The largest absolute Gasteiger partial charge is 0.456 e. The van der Waals surface area contributed by atoms with Gasteiger partial charge in [-0.25, -0.2) is 4.79 Å². The van der Waals surface area contributed by atoms with E-state index in [0.29, 0.717) is 13.2 Å². The van der Waals surface area contributed by atoms with Gasteiger partial charge in [-0.1, -0.05) is 30.3 Å². The molecule has 0 bridgehead atoms. The molecule has 0 aromatic heterocycles. The first-order chi connectivity index (χ1) is 7.27. The van der Waals surface area contributed by atoms with E-state index in [1.807, 2.05) is 30.3 Å². The fourth-order valence-electron chi connectivity index (χ4n) is 1.32. The van der Waals surface area contributed by atoms with E-state index in [4.69, 9.17) is 15.2 Å². The Morgan fingerprint density at radius 2 is 2.07 bits per heavy atom. The zero-order valence-corrected chi connectivity index (χ0v) is 8.26. The summed E-state index contributed by atoms with van der Waals surface area (Å²) in [5.74, 6) is -0.394. The number of esters is 1. The highest BCUT2D eigenvalue weighted by Gasteiger charge is 2.26. The first-order valence-electron chi connectivity index (χ1n) is 4.86. The maximum atomic E-state index is 11.5. The summed E-state index contributed by atoms with van der Waals surface area (Å²) in [4.78, 5) is 11.5. The van der Waals surface area contributed by atoms with Crippen molar-refractivity contribution < 1.29 is 14.3 Å². The van der Waals surface area contributed by atoms with Crippen molar-refractivity contribution in [2.75, 3.05) is 13.2 Å². The lowest BCUT2D eigenvalue weighted by molar-refractivity contribution is -0.173. The molecule has 0 aliphatic carbocycles. The predicted molar refractivity (Wildman–Crippen MR) is 54.1 cm³/mol. The zero-order valence-electron chi connectivity index (χ0n) is 8.26. The summed E-state index contributed by atoms with van der Waals surface area (Å²) < 4.78 is 10.0. The monoisotopic (exact) mass is 207 g/mol. The average Bonchev–Trinajstić information content (AvgIpc) is 2.23. The molecule has 1 saturated heterocycles. The average molecular weight is 207 g/mol. The van der Waals surface area contributed by atoms with E-state index in [2.05, 4.69) is 0 Å². The quantitative estimate of drug-likeness (QED) is 0.738. The number of carbonyl (C=O) groups excluding carboxylic acids is 1. The van der Waals surface area contributed by atoms with Crippen LogP contribution >= 0.6 is 0 Å². The van der Waals surface area contributed by atoms with Gasteiger partial charge in [0.2, 0.25) is 0 Å². The van der Waals surface area contributed by atoms with E-state index in [0.717, 1.165) is 5.56 Å². The number of carbonyl (C=O) groups is 1. The van der Waals surface area contributed by atoms with Gasteiger partial charge < -0.3 is 15.2 Å². The lowest BCUT2D eigenvalue weighted by atomic mass is 10.1. The summed E-state index contributed by atoms with van der Waals surface area (Å²) in [5.41, 5.74) is 6.52. The van der Waals surface area contributed by atoms with Crippen LogP contribution in [0.3, 0.4) is 0 Å². The second kappa shape index (κ2) is 4.42. The Balaban J connectivity index is 1.94. The SMILES string of the molecule is NC(C(=O)OC1COC1)c1ccccc1. The standard InChI is InChI=1S/C11H13NO3/c12-10(8-4-2-1-3-5-8)11(13)15-9-6-14-7-9/h1-5,9-10H,6-7,12H2. The van der Waals surface area contributed by atoms with Crippen LogP contribution in [0.15, 0.2) is 30.3 Å². The van der Waals surface area contributed by atoms with Gasteiger partial charge in [0.05, 0.1) is 13.2 Å². The van der Waals surface area contributed by atoms with Crippen LogP contribution in [0.25, 0.3) is 0 Å². The van der Waals surface area contributed by atoms with E-state index in [-0.39, 0.29) is 6.10 Å². The van der Waals surface area contributed by atoms with Gasteiger partial charge in [-0.05, 0) is 5.56 Å². The lowest BCUT2D eigenvalue weighted by Gasteiger charge is -2.26. The highest BCUT2D eigenvalue weighted by atomic mass is 16.6.